The molecule has 0 saturated carbocycles. The molecule has 0 aliphatic carbocycles. The summed E-state index contributed by atoms with van der Waals surface area (Å²) in [7, 11) is 0. The van der Waals surface area contributed by atoms with Crippen molar-refractivity contribution in [3.8, 4) is 17.1 Å². The predicted octanol–water partition coefficient (Wildman–Crippen LogP) is 2.76. The summed E-state index contributed by atoms with van der Waals surface area (Å²) < 4.78 is 23.1. The summed E-state index contributed by atoms with van der Waals surface area (Å²) >= 11 is 0. The number of cyclic esters (lactones) is 1. The number of aromatic nitrogens is 2. The second kappa shape index (κ2) is 17.2. The van der Waals surface area contributed by atoms with Crippen LogP contribution < -0.4 is 27.7 Å². The number of ether oxygens (including phenoxy) is 4. The number of rotatable bonds is 16. The first-order valence-electron chi connectivity index (χ1n) is 18.6. The molecule has 0 radical (unpaired) electrons. The maximum atomic E-state index is 14.0. The van der Waals surface area contributed by atoms with Gasteiger partial charge in [-0.2, -0.15) is 0 Å². The van der Waals surface area contributed by atoms with Crippen molar-refractivity contribution in [2.45, 2.75) is 77.4 Å². The summed E-state index contributed by atoms with van der Waals surface area (Å²) in [5.74, 6) is -2.56. The highest BCUT2D eigenvalue weighted by Crippen LogP contribution is 2.42. The van der Waals surface area contributed by atoms with Crippen LogP contribution in [0, 0.1) is 0 Å². The Hall–Kier alpha value is -6.33. The van der Waals surface area contributed by atoms with E-state index in [1.54, 1.807) is 60.0 Å². The quantitative estimate of drug-likeness (QED) is 0.0714. The van der Waals surface area contributed by atoms with E-state index < -0.39 is 60.3 Å². The van der Waals surface area contributed by atoms with E-state index in [0.29, 0.717) is 60.4 Å². The van der Waals surface area contributed by atoms with Gasteiger partial charge in [0.2, 0.25) is 23.3 Å². The minimum Gasteiger partial charge on any atom is -0.508 e. The highest BCUT2D eigenvalue weighted by atomic mass is 16.7. The molecule has 0 fully saturated rings. The molecular formula is C40H44N6O11. The van der Waals surface area contributed by atoms with Crippen LogP contribution in [0.15, 0.2) is 53.3 Å². The van der Waals surface area contributed by atoms with Crippen molar-refractivity contribution in [2.75, 3.05) is 25.1 Å². The van der Waals surface area contributed by atoms with E-state index in [-0.39, 0.29) is 43.1 Å². The number of nitrogens with one attached hydrogen (secondary N) is 2. The average molecular weight is 785 g/mol. The van der Waals surface area contributed by atoms with Crippen LogP contribution in [0.5, 0.6) is 5.75 Å². The predicted molar refractivity (Wildman–Crippen MR) is 205 cm³/mol. The van der Waals surface area contributed by atoms with Crippen LogP contribution in [0.25, 0.3) is 22.3 Å². The molecule has 0 bridgehead atoms. The fourth-order valence-electron chi connectivity index (χ4n) is 7.18. The number of aryl methyl sites for hydroxylation is 1. The summed E-state index contributed by atoms with van der Waals surface area (Å²) in [6.07, 6.45) is 0.901. The standard InChI is InChI=1S/C40H44N6O11/c1-3-25-26-15-24(47)12-13-30(26)45-35-27(25)17-46-32(35)16-29-28(37(46)51)19-55-38(52)40(29,4-2)57-39(53)56-18-22-8-10-23(11-9-22)43-36(50)31(7-5-6-14-41)44-34(49)21-54-20-33(42)48/h8-13,15-16,31,47H,3-7,14,17-21,41H2,1-2H3,(H2,42,48)(H,43,50)(H,44,49). The molecule has 300 valence electrons. The Bertz CT molecular complexity index is 2290. The minimum absolute atomic E-state index is 0.0587. The monoisotopic (exact) mass is 784 g/mol. The number of pyridine rings is 2. The number of hydrogen-bond acceptors (Lipinski definition) is 13. The number of anilines is 1. The van der Waals surface area contributed by atoms with Gasteiger partial charge in [-0.05, 0) is 86.2 Å². The van der Waals surface area contributed by atoms with E-state index in [1.807, 2.05) is 6.92 Å². The van der Waals surface area contributed by atoms with Gasteiger partial charge in [0.15, 0.2) is 0 Å². The van der Waals surface area contributed by atoms with Gasteiger partial charge in [-0.15, -0.1) is 0 Å². The third kappa shape index (κ3) is 8.44. The van der Waals surface area contributed by atoms with Crippen LogP contribution in [0.2, 0.25) is 0 Å². The van der Waals surface area contributed by atoms with Crippen molar-refractivity contribution >= 4 is 46.4 Å². The third-order valence-electron chi connectivity index (χ3n) is 10.0. The Morgan fingerprint density at radius 1 is 1.04 bits per heavy atom. The lowest BCUT2D eigenvalue weighted by molar-refractivity contribution is -0.175. The number of nitrogens with zero attached hydrogens (tertiary/aromatic N) is 2. The zero-order valence-electron chi connectivity index (χ0n) is 31.6. The van der Waals surface area contributed by atoms with Crippen molar-refractivity contribution in [3.63, 3.8) is 0 Å². The molecule has 2 atom stereocenters. The summed E-state index contributed by atoms with van der Waals surface area (Å²) in [4.78, 5) is 81.9. The largest absolute Gasteiger partial charge is 0.510 e. The highest BCUT2D eigenvalue weighted by molar-refractivity contribution is 5.97. The number of benzene rings is 2. The molecule has 6 rings (SSSR count). The molecule has 2 aliphatic rings. The van der Waals surface area contributed by atoms with Crippen molar-refractivity contribution in [1.82, 2.24) is 14.9 Å². The van der Waals surface area contributed by atoms with Crippen molar-refractivity contribution in [2.24, 2.45) is 11.5 Å². The van der Waals surface area contributed by atoms with Crippen LogP contribution in [0.1, 0.15) is 67.3 Å². The van der Waals surface area contributed by atoms with Gasteiger partial charge in [-0.1, -0.05) is 26.0 Å². The first kappa shape index (κ1) is 40.3. The van der Waals surface area contributed by atoms with E-state index >= 15 is 0 Å². The molecule has 17 nitrogen and oxygen atoms in total. The molecule has 2 aliphatic heterocycles. The van der Waals surface area contributed by atoms with Gasteiger partial charge in [0.05, 0.1) is 29.0 Å². The van der Waals surface area contributed by atoms with E-state index in [0.717, 1.165) is 16.5 Å². The smallest absolute Gasteiger partial charge is 0.508 e. The second-order valence-corrected chi connectivity index (χ2v) is 13.7. The van der Waals surface area contributed by atoms with Crippen LogP contribution in [0.4, 0.5) is 10.5 Å². The number of carbonyl (C=O) groups excluding carboxylic acids is 5. The van der Waals surface area contributed by atoms with Crippen molar-refractivity contribution in [1.29, 1.82) is 0 Å². The lowest BCUT2D eigenvalue weighted by atomic mass is 9.85. The molecule has 17 heteroatoms. The maximum absolute atomic E-state index is 14.0. The SMILES string of the molecule is CCc1c2c(nc3ccc(O)cc13)-c1cc3c(c(=O)n1C2)COC(=O)C3(CC)OC(=O)OCc1ccc(NC(=O)C(CCCCN)NC(=O)COCC(N)=O)cc1. The Kier molecular flexibility index (Phi) is 12.2. The number of nitrogens with two attached hydrogens (primary N) is 2. The van der Waals surface area contributed by atoms with E-state index in [4.69, 9.17) is 35.4 Å². The maximum Gasteiger partial charge on any atom is 0.510 e. The molecule has 4 aromatic rings. The van der Waals surface area contributed by atoms with Crippen molar-refractivity contribution in [3.05, 3.63) is 86.7 Å². The fourth-order valence-corrected chi connectivity index (χ4v) is 7.18. The Morgan fingerprint density at radius 2 is 1.81 bits per heavy atom. The molecule has 2 aromatic carbocycles. The number of hydrogen-bond donors (Lipinski definition) is 5. The number of fused-ring (bicyclic) bond motifs is 5. The number of unbranched alkanes of at least 4 members (excludes halogenated alkanes) is 1. The summed E-state index contributed by atoms with van der Waals surface area (Å²) in [6.45, 7) is 2.81. The lowest BCUT2D eigenvalue weighted by Gasteiger charge is -2.35. The first-order valence-corrected chi connectivity index (χ1v) is 18.6. The molecule has 2 aromatic heterocycles. The van der Waals surface area contributed by atoms with Crippen LogP contribution in [-0.4, -0.2) is 70.3 Å². The van der Waals surface area contributed by atoms with Gasteiger partial charge in [-0.3, -0.25) is 19.2 Å². The summed E-state index contributed by atoms with van der Waals surface area (Å²) in [5, 5.41) is 16.3. The molecule has 2 unspecified atom stereocenters. The number of phenolic OH excluding ortho intramolecular Hbond substituents is 1. The molecule has 0 spiro atoms. The van der Waals surface area contributed by atoms with Crippen LogP contribution >= 0.6 is 0 Å². The molecule has 0 saturated heterocycles. The van der Waals surface area contributed by atoms with Gasteiger partial charge in [-0.25, -0.2) is 14.6 Å². The molecule has 57 heavy (non-hydrogen) atoms. The highest BCUT2D eigenvalue weighted by Gasteiger charge is 2.51. The average Bonchev–Trinajstić information content (AvgIpc) is 3.55. The van der Waals surface area contributed by atoms with Crippen molar-refractivity contribution < 1.29 is 48.0 Å². The topological polar surface area (TPSA) is 253 Å². The first-order chi connectivity index (χ1) is 27.4. The molecular weight excluding hydrogens is 740 g/mol. The zero-order valence-corrected chi connectivity index (χ0v) is 31.6. The molecule has 3 amide bonds. The van der Waals surface area contributed by atoms with Gasteiger partial charge in [0, 0.05) is 22.2 Å². The van der Waals surface area contributed by atoms with Crippen LogP contribution in [-0.2, 0) is 69.9 Å². The summed E-state index contributed by atoms with van der Waals surface area (Å²) in [6, 6.07) is 12.0. The van der Waals surface area contributed by atoms with E-state index in [1.165, 1.54) is 0 Å². The molecule has 4 heterocycles. The number of primary amides is 1. The number of aromatic hydroxyl groups is 1. The van der Waals surface area contributed by atoms with E-state index in [2.05, 4.69) is 10.6 Å². The normalized spacial score (nSPS) is 15.8. The Balaban J connectivity index is 1.15. The van der Waals surface area contributed by atoms with Crippen LogP contribution in [0.3, 0.4) is 0 Å². The van der Waals surface area contributed by atoms with Gasteiger partial charge in [0.1, 0.15) is 38.2 Å². The van der Waals surface area contributed by atoms with Gasteiger partial charge in [0.25, 0.3) is 5.56 Å². The number of esters is 1. The minimum atomic E-state index is -1.98. The van der Waals surface area contributed by atoms with Gasteiger partial charge < -0.3 is 50.7 Å². The Labute approximate surface area is 326 Å². The number of amides is 3. The lowest BCUT2D eigenvalue weighted by Crippen LogP contribution is -2.47. The molecule has 7 N–H and O–H groups in total. The number of phenols is 1. The summed E-state index contributed by atoms with van der Waals surface area (Å²) in [5.41, 5.74) is 13.0. The van der Waals surface area contributed by atoms with E-state index in [9.17, 15) is 33.9 Å². The Morgan fingerprint density at radius 3 is 2.51 bits per heavy atom. The second-order valence-electron chi connectivity index (χ2n) is 13.7. The zero-order chi connectivity index (χ0) is 40.9. The fraction of sp³-hybridized carbons (Fsp3) is 0.375. The third-order valence-corrected chi connectivity index (χ3v) is 10.0. The number of carbonyl (C=O) groups is 5. The van der Waals surface area contributed by atoms with Gasteiger partial charge >= 0.3 is 12.1 Å².